The van der Waals surface area contributed by atoms with Gasteiger partial charge in [0.05, 0.1) is 6.33 Å². The molecule has 0 fully saturated rings. The van der Waals surface area contributed by atoms with E-state index in [1.165, 1.54) is 10.9 Å². The minimum absolute atomic E-state index is 0.0966. The number of halogens is 1. The van der Waals surface area contributed by atoms with E-state index in [-0.39, 0.29) is 17.7 Å². The summed E-state index contributed by atoms with van der Waals surface area (Å²) in [6, 6.07) is 14.5. The summed E-state index contributed by atoms with van der Waals surface area (Å²) in [7, 11) is 0. The first-order chi connectivity index (χ1) is 13.2. The number of aromatic nitrogens is 4. The van der Waals surface area contributed by atoms with Gasteiger partial charge in [-0.15, -0.1) is 0 Å². The van der Waals surface area contributed by atoms with Gasteiger partial charge in [0.1, 0.15) is 17.6 Å². The van der Waals surface area contributed by atoms with Crippen molar-refractivity contribution in [3.8, 4) is 11.4 Å². The monoisotopic (exact) mass is 378 g/mol. The average Bonchev–Trinajstić information content (AvgIpc) is 3.30. The Balaban J connectivity index is 1.51. The number of para-hydroxylation sites is 1. The lowest BCUT2D eigenvalue weighted by atomic mass is 10.2. The van der Waals surface area contributed by atoms with Gasteiger partial charge >= 0.3 is 0 Å². The van der Waals surface area contributed by atoms with Gasteiger partial charge in [0.25, 0.3) is 5.56 Å². The van der Waals surface area contributed by atoms with Crippen LogP contribution < -0.4 is 5.56 Å². The van der Waals surface area contributed by atoms with Crippen LogP contribution in [0.2, 0.25) is 5.02 Å². The van der Waals surface area contributed by atoms with E-state index in [4.69, 9.17) is 20.5 Å². The number of hydrogen-bond acceptors (Lipinski definition) is 6. The summed E-state index contributed by atoms with van der Waals surface area (Å²) in [5, 5.41) is 5.38. The topological polar surface area (TPSA) is 87.0 Å². The van der Waals surface area contributed by atoms with Crippen molar-refractivity contribution in [2.45, 2.75) is 6.54 Å². The normalized spacial score (nSPS) is 11.4. The number of hydrogen-bond donors (Lipinski definition) is 0. The van der Waals surface area contributed by atoms with Crippen LogP contribution >= 0.6 is 11.6 Å². The van der Waals surface area contributed by atoms with Crippen molar-refractivity contribution in [1.29, 1.82) is 0 Å². The maximum atomic E-state index is 12.7. The van der Waals surface area contributed by atoms with Gasteiger partial charge in [0, 0.05) is 16.0 Å². The summed E-state index contributed by atoms with van der Waals surface area (Å²) in [5.74, 6) is 0.715. The summed E-state index contributed by atoms with van der Waals surface area (Å²) in [5.41, 5.74) is 1.84. The smallest absolute Gasteiger partial charge is 0.297 e. The highest BCUT2D eigenvalue weighted by Crippen LogP contribution is 2.24. The van der Waals surface area contributed by atoms with Gasteiger partial charge in [-0.25, -0.2) is 4.98 Å². The molecule has 5 rings (SSSR count). The van der Waals surface area contributed by atoms with Crippen LogP contribution in [0.3, 0.4) is 0 Å². The molecule has 27 heavy (non-hydrogen) atoms. The minimum Gasteiger partial charge on any atom is -0.448 e. The van der Waals surface area contributed by atoms with Gasteiger partial charge < -0.3 is 8.94 Å². The van der Waals surface area contributed by atoms with Gasteiger partial charge in [0.15, 0.2) is 0 Å². The minimum atomic E-state index is -0.303. The Morgan fingerprint density at radius 2 is 1.89 bits per heavy atom. The lowest BCUT2D eigenvalue weighted by molar-refractivity contribution is 0.369. The van der Waals surface area contributed by atoms with Crippen molar-refractivity contribution < 1.29 is 8.94 Å². The fourth-order valence-electron chi connectivity index (χ4n) is 2.91. The van der Waals surface area contributed by atoms with Crippen LogP contribution in [0.15, 0.2) is 68.6 Å². The maximum Gasteiger partial charge on any atom is 0.297 e. The number of benzene rings is 2. The van der Waals surface area contributed by atoms with E-state index in [1.54, 1.807) is 30.3 Å². The van der Waals surface area contributed by atoms with Crippen LogP contribution in [0, 0.1) is 0 Å². The van der Waals surface area contributed by atoms with Crippen molar-refractivity contribution in [1.82, 2.24) is 19.7 Å². The zero-order valence-electron chi connectivity index (χ0n) is 13.8. The molecule has 2 aromatic carbocycles. The molecular weight excluding hydrogens is 368 g/mol. The van der Waals surface area contributed by atoms with E-state index in [1.807, 2.05) is 18.2 Å². The van der Waals surface area contributed by atoms with E-state index >= 15 is 0 Å². The first-order valence-electron chi connectivity index (χ1n) is 8.14. The van der Waals surface area contributed by atoms with E-state index in [9.17, 15) is 4.79 Å². The van der Waals surface area contributed by atoms with E-state index in [0.717, 1.165) is 10.9 Å². The molecule has 0 amide bonds. The largest absolute Gasteiger partial charge is 0.448 e. The van der Waals surface area contributed by atoms with Gasteiger partial charge in [-0.3, -0.25) is 9.36 Å². The highest BCUT2D eigenvalue weighted by molar-refractivity contribution is 6.30. The fourth-order valence-corrected chi connectivity index (χ4v) is 3.03. The van der Waals surface area contributed by atoms with Gasteiger partial charge in [0.2, 0.25) is 17.3 Å². The van der Waals surface area contributed by atoms with E-state index in [2.05, 4.69) is 15.1 Å². The summed E-state index contributed by atoms with van der Waals surface area (Å²) in [6.45, 7) is 0.0966. The van der Waals surface area contributed by atoms with Crippen LogP contribution in [-0.4, -0.2) is 19.7 Å². The number of nitrogens with zero attached hydrogens (tertiary/aromatic N) is 4. The molecule has 0 saturated heterocycles. The molecule has 0 atom stereocenters. The highest BCUT2D eigenvalue weighted by Gasteiger charge is 2.15. The molecule has 7 nitrogen and oxygen atoms in total. The lowest BCUT2D eigenvalue weighted by Crippen LogP contribution is -2.20. The second-order valence-corrected chi connectivity index (χ2v) is 6.41. The predicted molar refractivity (Wildman–Crippen MR) is 99.6 cm³/mol. The van der Waals surface area contributed by atoms with Gasteiger partial charge in [-0.1, -0.05) is 28.9 Å². The Hall–Kier alpha value is -3.45. The first kappa shape index (κ1) is 15.8. The van der Waals surface area contributed by atoms with Crippen molar-refractivity contribution >= 4 is 33.7 Å². The molecule has 0 aliphatic rings. The standard InChI is InChI=1S/C19H11ClN4O3/c20-12-7-5-11(6-8-12)18-22-15(27-23-18)9-24-10-21-16-13-3-1-2-4-14(13)26-17(16)19(24)25/h1-8,10H,9H2. The molecule has 132 valence electrons. The number of rotatable bonds is 3. The molecule has 0 aliphatic carbocycles. The summed E-state index contributed by atoms with van der Waals surface area (Å²) in [6.07, 6.45) is 1.46. The van der Waals surface area contributed by atoms with E-state index < -0.39 is 0 Å². The molecule has 0 saturated carbocycles. The molecular formula is C19H11ClN4O3. The molecule has 0 N–H and O–H groups in total. The summed E-state index contributed by atoms with van der Waals surface area (Å²) < 4.78 is 12.3. The highest BCUT2D eigenvalue weighted by atomic mass is 35.5. The number of furan rings is 1. The van der Waals surface area contributed by atoms with Crippen LogP contribution in [0.1, 0.15) is 5.89 Å². The Morgan fingerprint density at radius 1 is 1.07 bits per heavy atom. The molecule has 3 aromatic heterocycles. The first-order valence-corrected chi connectivity index (χ1v) is 8.52. The molecule has 0 radical (unpaired) electrons. The van der Waals surface area contributed by atoms with Crippen LogP contribution in [-0.2, 0) is 6.54 Å². The molecule has 0 aliphatic heterocycles. The predicted octanol–water partition coefficient (Wildman–Crippen LogP) is 3.89. The molecule has 0 unspecified atom stereocenters. The zero-order valence-corrected chi connectivity index (χ0v) is 14.6. The quantitative estimate of drug-likeness (QED) is 0.473. The van der Waals surface area contributed by atoms with Crippen molar-refractivity contribution in [2.24, 2.45) is 0 Å². The summed E-state index contributed by atoms with van der Waals surface area (Å²) >= 11 is 5.89. The fraction of sp³-hybridized carbons (Fsp3) is 0.0526. The third-order valence-corrected chi connectivity index (χ3v) is 4.48. The van der Waals surface area contributed by atoms with Crippen molar-refractivity contribution in [3.63, 3.8) is 0 Å². The number of fused-ring (bicyclic) bond motifs is 3. The Morgan fingerprint density at radius 3 is 2.74 bits per heavy atom. The van der Waals surface area contributed by atoms with Crippen LogP contribution in [0.5, 0.6) is 0 Å². The van der Waals surface area contributed by atoms with Crippen LogP contribution in [0.25, 0.3) is 33.5 Å². The Kier molecular flexibility index (Phi) is 3.54. The van der Waals surface area contributed by atoms with Gasteiger partial charge in [-0.05, 0) is 36.4 Å². The maximum absolute atomic E-state index is 12.7. The Labute approximate surface area is 156 Å². The van der Waals surface area contributed by atoms with Gasteiger partial charge in [-0.2, -0.15) is 4.98 Å². The third kappa shape index (κ3) is 2.69. The molecule has 8 heteroatoms. The summed E-state index contributed by atoms with van der Waals surface area (Å²) in [4.78, 5) is 21.4. The molecule has 0 spiro atoms. The average molecular weight is 379 g/mol. The lowest BCUT2D eigenvalue weighted by Gasteiger charge is -2.00. The van der Waals surface area contributed by atoms with E-state index in [0.29, 0.717) is 27.8 Å². The third-order valence-electron chi connectivity index (χ3n) is 4.23. The molecule has 5 aromatic rings. The zero-order chi connectivity index (χ0) is 18.4. The Bertz CT molecular complexity index is 1330. The molecule has 3 heterocycles. The van der Waals surface area contributed by atoms with Crippen LogP contribution in [0.4, 0.5) is 0 Å². The van der Waals surface area contributed by atoms with Crippen molar-refractivity contribution in [2.75, 3.05) is 0 Å². The van der Waals surface area contributed by atoms with Crippen molar-refractivity contribution in [3.05, 3.63) is 76.1 Å². The second kappa shape index (κ2) is 6.07. The molecule has 0 bridgehead atoms. The second-order valence-electron chi connectivity index (χ2n) is 5.97. The SMILES string of the molecule is O=c1c2oc3ccccc3c2ncn1Cc1nc(-c2ccc(Cl)cc2)no1.